The van der Waals surface area contributed by atoms with Crippen LogP contribution in [0.1, 0.15) is 0 Å². The fourth-order valence-corrected chi connectivity index (χ4v) is 3.18. The van der Waals surface area contributed by atoms with E-state index in [1.165, 1.54) is 11.3 Å². The summed E-state index contributed by atoms with van der Waals surface area (Å²) >= 11 is 6.83. The molecular formula is C12H17N7S2. The molecule has 2 aromatic heterocycles. The van der Waals surface area contributed by atoms with Gasteiger partial charge in [-0.25, -0.2) is 14.6 Å². The van der Waals surface area contributed by atoms with Crippen LogP contribution in [-0.4, -0.2) is 57.9 Å². The Morgan fingerprint density at radius 1 is 1.24 bits per heavy atom. The molecule has 0 amide bonds. The molecule has 3 heterocycles. The first kappa shape index (κ1) is 14.4. The molecule has 112 valence electrons. The van der Waals surface area contributed by atoms with E-state index >= 15 is 0 Å². The zero-order chi connectivity index (χ0) is 14.7. The fraction of sp³-hybridized carbons (Fsp3) is 0.500. The number of piperazine rings is 1. The van der Waals surface area contributed by atoms with Crippen molar-refractivity contribution in [3.63, 3.8) is 0 Å². The van der Waals surface area contributed by atoms with Crippen molar-refractivity contribution in [1.82, 2.24) is 24.6 Å². The monoisotopic (exact) mass is 323 g/mol. The highest BCUT2D eigenvalue weighted by molar-refractivity contribution is 7.73. The largest absolute Gasteiger partial charge is 0.363 e. The molecule has 1 aliphatic rings. The Kier molecular flexibility index (Phi) is 4.42. The highest BCUT2D eigenvalue weighted by atomic mass is 32.1. The first-order valence-electron chi connectivity index (χ1n) is 6.76. The van der Waals surface area contributed by atoms with Crippen LogP contribution in [-0.2, 0) is 6.67 Å². The molecule has 1 saturated heterocycles. The van der Waals surface area contributed by atoms with Crippen LogP contribution in [0.5, 0.6) is 0 Å². The third kappa shape index (κ3) is 3.36. The summed E-state index contributed by atoms with van der Waals surface area (Å²) in [5.41, 5.74) is 0. The Labute approximate surface area is 132 Å². The zero-order valence-electron chi connectivity index (χ0n) is 11.8. The van der Waals surface area contributed by atoms with Gasteiger partial charge < -0.3 is 10.2 Å². The summed E-state index contributed by atoms with van der Waals surface area (Å²) in [5.74, 6) is 0.805. The molecule has 2 aromatic rings. The van der Waals surface area contributed by atoms with Crippen molar-refractivity contribution in [2.24, 2.45) is 0 Å². The smallest absolute Gasteiger partial charge is 0.225 e. The molecule has 0 atom stereocenters. The highest BCUT2D eigenvalue weighted by Crippen LogP contribution is 2.15. The molecule has 0 bridgehead atoms. The van der Waals surface area contributed by atoms with Crippen LogP contribution in [0.4, 0.5) is 11.1 Å². The number of nitrogens with zero attached hydrogens (tertiary/aromatic N) is 6. The van der Waals surface area contributed by atoms with Crippen molar-refractivity contribution in [2.45, 2.75) is 6.67 Å². The van der Waals surface area contributed by atoms with Crippen LogP contribution < -0.4 is 10.2 Å². The molecule has 3 rings (SSSR count). The molecule has 0 aromatic carbocycles. The summed E-state index contributed by atoms with van der Waals surface area (Å²) in [6.07, 6.45) is 3.56. The van der Waals surface area contributed by atoms with Crippen LogP contribution in [0.15, 0.2) is 18.5 Å². The number of anilines is 2. The summed E-state index contributed by atoms with van der Waals surface area (Å²) < 4.78 is 2.67. The predicted octanol–water partition coefficient (Wildman–Crippen LogP) is 1.29. The van der Waals surface area contributed by atoms with Gasteiger partial charge >= 0.3 is 0 Å². The van der Waals surface area contributed by atoms with Gasteiger partial charge in [-0.3, -0.25) is 4.90 Å². The van der Waals surface area contributed by atoms with Crippen LogP contribution in [0.25, 0.3) is 0 Å². The number of aromatic nitrogens is 4. The molecule has 1 fully saturated rings. The molecule has 0 unspecified atom stereocenters. The molecular weight excluding hydrogens is 306 g/mol. The highest BCUT2D eigenvalue weighted by Gasteiger charge is 2.19. The average molecular weight is 323 g/mol. The zero-order valence-corrected chi connectivity index (χ0v) is 13.4. The van der Waals surface area contributed by atoms with Gasteiger partial charge in [0.15, 0.2) is 3.95 Å². The van der Waals surface area contributed by atoms with E-state index < -0.39 is 0 Å². The Morgan fingerprint density at radius 2 is 1.95 bits per heavy atom. The standard InChI is InChI=1S/C12H17N7S2/c1-13-11-16-19(12(20)21-11)9-17-5-7-18(8-6-17)10-14-3-2-4-15-10/h2-4H,5-9H2,1H3,(H,13,16). The molecule has 1 N–H and O–H groups in total. The molecule has 0 aliphatic carbocycles. The van der Waals surface area contributed by atoms with E-state index in [4.69, 9.17) is 12.2 Å². The van der Waals surface area contributed by atoms with E-state index in [-0.39, 0.29) is 0 Å². The molecule has 1 aliphatic heterocycles. The van der Waals surface area contributed by atoms with E-state index in [0.29, 0.717) is 0 Å². The lowest BCUT2D eigenvalue weighted by atomic mass is 10.3. The summed E-state index contributed by atoms with van der Waals surface area (Å²) in [6.45, 7) is 4.47. The van der Waals surface area contributed by atoms with E-state index in [1.54, 1.807) is 12.4 Å². The van der Waals surface area contributed by atoms with Gasteiger partial charge in [-0.05, 0) is 18.3 Å². The lowest BCUT2D eigenvalue weighted by molar-refractivity contribution is 0.194. The van der Waals surface area contributed by atoms with Crippen molar-refractivity contribution in [2.75, 3.05) is 43.4 Å². The predicted molar refractivity (Wildman–Crippen MR) is 86.3 cm³/mol. The second-order valence-electron chi connectivity index (χ2n) is 4.72. The minimum absolute atomic E-state index is 0.737. The summed E-state index contributed by atoms with van der Waals surface area (Å²) in [4.78, 5) is 13.1. The van der Waals surface area contributed by atoms with Crippen LogP contribution in [0.3, 0.4) is 0 Å². The van der Waals surface area contributed by atoms with Crippen molar-refractivity contribution in [3.8, 4) is 0 Å². The second-order valence-corrected chi connectivity index (χ2v) is 6.34. The topological polar surface area (TPSA) is 62.1 Å². The third-order valence-corrected chi connectivity index (χ3v) is 4.69. The molecule has 0 radical (unpaired) electrons. The van der Waals surface area contributed by atoms with Crippen LogP contribution in [0, 0.1) is 3.95 Å². The molecule has 0 spiro atoms. The SMILES string of the molecule is CNc1nn(CN2CCN(c3ncccn3)CC2)c(=S)s1. The number of hydrogen-bond acceptors (Lipinski definition) is 8. The average Bonchev–Trinajstić information content (AvgIpc) is 2.89. The summed E-state index contributed by atoms with van der Waals surface area (Å²) in [6, 6.07) is 1.84. The lowest BCUT2D eigenvalue weighted by Gasteiger charge is -2.34. The Balaban J connectivity index is 1.58. The van der Waals surface area contributed by atoms with Crippen LogP contribution in [0.2, 0.25) is 0 Å². The van der Waals surface area contributed by atoms with Crippen LogP contribution >= 0.6 is 23.6 Å². The van der Waals surface area contributed by atoms with Gasteiger partial charge in [0.05, 0.1) is 6.67 Å². The molecule has 7 nitrogen and oxygen atoms in total. The molecule has 0 saturated carbocycles. The van der Waals surface area contributed by atoms with E-state index in [9.17, 15) is 0 Å². The molecule has 9 heteroatoms. The van der Waals surface area contributed by atoms with E-state index in [2.05, 4.69) is 30.2 Å². The van der Waals surface area contributed by atoms with Crippen molar-refractivity contribution in [1.29, 1.82) is 0 Å². The van der Waals surface area contributed by atoms with Gasteiger partial charge in [0, 0.05) is 45.6 Å². The maximum absolute atomic E-state index is 5.33. The number of nitrogens with one attached hydrogen (secondary N) is 1. The van der Waals surface area contributed by atoms with Gasteiger partial charge in [-0.2, -0.15) is 0 Å². The lowest BCUT2D eigenvalue weighted by Crippen LogP contribution is -2.47. The number of hydrogen-bond donors (Lipinski definition) is 1. The Morgan fingerprint density at radius 3 is 2.57 bits per heavy atom. The van der Waals surface area contributed by atoms with Gasteiger partial charge in [0.2, 0.25) is 11.1 Å². The van der Waals surface area contributed by atoms with E-state index in [1.807, 2.05) is 17.8 Å². The summed E-state index contributed by atoms with van der Waals surface area (Å²) in [5, 5.41) is 8.33. The van der Waals surface area contributed by atoms with Crippen molar-refractivity contribution < 1.29 is 0 Å². The quantitative estimate of drug-likeness (QED) is 0.851. The minimum Gasteiger partial charge on any atom is -0.363 e. The van der Waals surface area contributed by atoms with Gasteiger partial charge in [-0.1, -0.05) is 11.3 Å². The van der Waals surface area contributed by atoms with Gasteiger partial charge in [0.25, 0.3) is 0 Å². The first-order chi connectivity index (χ1) is 10.3. The number of rotatable bonds is 4. The fourth-order valence-electron chi connectivity index (χ4n) is 2.23. The van der Waals surface area contributed by atoms with Crippen molar-refractivity contribution in [3.05, 3.63) is 22.4 Å². The third-order valence-electron chi connectivity index (χ3n) is 3.36. The van der Waals surface area contributed by atoms with Gasteiger partial charge in [0.1, 0.15) is 0 Å². The molecule has 21 heavy (non-hydrogen) atoms. The normalized spacial score (nSPS) is 16.1. The first-order valence-corrected chi connectivity index (χ1v) is 7.99. The van der Waals surface area contributed by atoms with E-state index in [0.717, 1.165) is 47.9 Å². The maximum Gasteiger partial charge on any atom is 0.225 e. The minimum atomic E-state index is 0.737. The van der Waals surface area contributed by atoms with Crippen molar-refractivity contribution >= 4 is 34.6 Å². The summed E-state index contributed by atoms with van der Waals surface area (Å²) in [7, 11) is 1.86. The second kappa shape index (κ2) is 6.46. The Hall–Kier alpha value is -1.58. The Bertz CT molecular complexity index is 631. The van der Waals surface area contributed by atoms with Gasteiger partial charge in [-0.15, -0.1) is 5.10 Å². The maximum atomic E-state index is 5.33.